The van der Waals surface area contributed by atoms with Crippen LogP contribution in [0.3, 0.4) is 0 Å². The molecule has 0 aliphatic carbocycles. The van der Waals surface area contributed by atoms with Crippen molar-refractivity contribution in [1.29, 1.82) is 0 Å². The fourth-order valence-corrected chi connectivity index (χ4v) is 0. The van der Waals surface area contributed by atoms with Crippen molar-refractivity contribution < 1.29 is 25.8 Å². The highest BCUT2D eigenvalue weighted by Crippen LogP contribution is 1.24. The molecule has 0 bridgehead atoms. The predicted octanol–water partition coefficient (Wildman–Crippen LogP) is -6.20. The van der Waals surface area contributed by atoms with E-state index in [0.717, 1.165) is 0 Å². The maximum atomic E-state index is 8.33. The first kappa shape index (κ1) is 16.7. The van der Waals surface area contributed by atoms with Crippen molar-refractivity contribution in [2.75, 3.05) is 0 Å². The first-order chi connectivity index (χ1) is 5.20. The Kier molecular flexibility index (Phi) is 16.6. The lowest BCUT2D eigenvalue weighted by atomic mass is 10.8. The molecule has 0 aromatic heterocycles. The molecule has 8 N–H and O–H groups in total. The molecular weight excluding hydrogens is 164 g/mol. The Balaban J connectivity index is -0.000000101. The van der Waals surface area contributed by atoms with Crippen LogP contribution in [-0.2, 0) is 0 Å². The summed E-state index contributed by atoms with van der Waals surface area (Å²) in [5.41, 5.74) is 9.61. The van der Waals surface area contributed by atoms with Crippen LogP contribution in [0.15, 0.2) is 0 Å². The van der Waals surface area contributed by atoms with Crippen LogP contribution < -0.4 is 32.5 Å². The average molecular weight is 178 g/mol. The molecule has 7 heteroatoms. The lowest BCUT2D eigenvalue weighted by Crippen LogP contribution is -2.43. The van der Waals surface area contributed by atoms with Gasteiger partial charge >= 0.3 is 0 Å². The summed E-state index contributed by atoms with van der Waals surface area (Å²) in [6.07, 6.45) is -2.33. The summed E-state index contributed by atoms with van der Waals surface area (Å²) in [4.78, 5) is 8.33. The summed E-state index contributed by atoms with van der Waals surface area (Å²) >= 11 is 0. The molecule has 0 saturated carbocycles. The van der Waals surface area contributed by atoms with E-state index in [-0.39, 0.29) is 0 Å². The molecule has 0 aliphatic heterocycles. The van der Waals surface area contributed by atoms with Crippen LogP contribution >= 0.6 is 0 Å². The normalized spacial score (nSPS) is 6.17. The third kappa shape index (κ3) is 133. The van der Waals surface area contributed by atoms with Gasteiger partial charge in [0.25, 0.3) is 0 Å². The summed E-state index contributed by atoms with van der Waals surface area (Å²) in [7, 11) is 0. The zero-order chi connectivity index (χ0) is 10.7. The van der Waals surface area contributed by atoms with Gasteiger partial charge in [0, 0.05) is 13.8 Å². The van der Waals surface area contributed by atoms with Crippen molar-refractivity contribution in [3.05, 3.63) is 0 Å². The fraction of sp³-hybridized carbons (Fsp3) is 0.400. The molecule has 0 rings (SSSR count). The van der Waals surface area contributed by atoms with E-state index in [1.54, 1.807) is 13.8 Å². The molecule has 0 spiro atoms. The topological polar surface area (TPSA) is 166 Å². The van der Waals surface area contributed by atoms with E-state index in [1.165, 1.54) is 0 Å². The van der Waals surface area contributed by atoms with Crippen LogP contribution in [0.2, 0.25) is 0 Å². The van der Waals surface area contributed by atoms with Gasteiger partial charge in [-0.15, -0.1) is 0 Å². The minimum absolute atomic E-state index is 0.417. The fourth-order valence-electron chi connectivity index (χ4n) is 0. The van der Waals surface area contributed by atoms with E-state index in [1.807, 2.05) is 0 Å². The number of rotatable bonds is 0. The molecule has 0 radical (unpaired) electrons. The second-order valence-corrected chi connectivity index (χ2v) is 1.74. The van der Waals surface area contributed by atoms with E-state index in [0.29, 0.717) is 11.7 Å². The summed E-state index contributed by atoms with van der Waals surface area (Å²) in [5.74, 6) is 0.833. The van der Waals surface area contributed by atoms with Crippen LogP contribution in [0.5, 0.6) is 0 Å². The van der Waals surface area contributed by atoms with E-state index >= 15 is 0 Å². The van der Waals surface area contributed by atoms with E-state index in [9.17, 15) is 0 Å². The van der Waals surface area contributed by atoms with E-state index in [4.69, 9.17) is 37.3 Å². The molecular formula is C5H14N4O3. The SMILES string of the molecule is CC(N)=[NH2+].CC(N)=[NH2+].O=C([O-])[O-]. The minimum atomic E-state index is -2.33. The van der Waals surface area contributed by atoms with Gasteiger partial charge in [-0.3, -0.25) is 22.3 Å². The molecule has 7 nitrogen and oxygen atoms in total. The molecule has 72 valence electrons. The van der Waals surface area contributed by atoms with E-state index < -0.39 is 6.16 Å². The van der Waals surface area contributed by atoms with Gasteiger partial charge in [-0.25, -0.2) is 0 Å². The number of carbonyl (C=O) groups is 1. The van der Waals surface area contributed by atoms with Crippen molar-refractivity contribution in [2.24, 2.45) is 11.5 Å². The lowest BCUT2D eigenvalue weighted by molar-refractivity contribution is -0.415. The quantitative estimate of drug-likeness (QED) is 0.213. The molecule has 0 fully saturated rings. The summed E-state index contributed by atoms with van der Waals surface area (Å²) in [6, 6.07) is 0. The third-order valence-electron chi connectivity index (χ3n) is 0. The number of hydrogen-bond acceptors (Lipinski definition) is 3. The van der Waals surface area contributed by atoms with Crippen LogP contribution in [0.25, 0.3) is 0 Å². The van der Waals surface area contributed by atoms with Crippen LogP contribution in [0, 0.1) is 0 Å². The Morgan fingerprint density at radius 1 is 1.08 bits per heavy atom. The monoisotopic (exact) mass is 178 g/mol. The number of carbonyl (C=O) groups excluding carboxylic acids is 1. The van der Waals surface area contributed by atoms with Crippen LogP contribution in [0.1, 0.15) is 13.8 Å². The second-order valence-electron chi connectivity index (χ2n) is 1.74. The van der Waals surface area contributed by atoms with Gasteiger partial charge in [0.15, 0.2) is 0 Å². The third-order valence-corrected chi connectivity index (χ3v) is 0. The molecule has 0 aromatic rings. The van der Waals surface area contributed by atoms with Crippen LogP contribution in [0.4, 0.5) is 4.79 Å². The maximum absolute atomic E-state index is 8.33. The molecule has 0 atom stereocenters. The Morgan fingerprint density at radius 2 is 1.08 bits per heavy atom. The molecule has 0 aliphatic rings. The summed E-state index contributed by atoms with van der Waals surface area (Å²) in [6.45, 7) is 3.28. The maximum Gasteiger partial charge on any atom is 0.235 e. The highest BCUT2D eigenvalue weighted by atomic mass is 16.6. The number of nitrogens with two attached hydrogens (primary N) is 4. The highest BCUT2D eigenvalue weighted by molar-refractivity contribution is 5.70. The van der Waals surface area contributed by atoms with Gasteiger partial charge in [-0.05, 0) is 6.16 Å². The Bertz CT molecular complexity index is 116. The Hall–Kier alpha value is -1.79. The van der Waals surface area contributed by atoms with Gasteiger partial charge in [0.05, 0.1) is 0 Å². The van der Waals surface area contributed by atoms with Gasteiger partial charge in [-0.2, -0.15) is 0 Å². The standard InChI is InChI=1S/2C2H6N2.CH2O3/c2*1-2(3)4;2-1(3)4/h2*1H3,(H3,3,4);(H2,2,3,4). The Labute approximate surface area is 70.0 Å². The van der Waals surface area contributed by atoms with Gasteiger partial charge < -0.3 is 15.0 Å². The van der Waals surface area contributed by atoms with Gasteiger partial charge in [-0.1, -0.05) is 0 Å². The largest absolute Gasteiger partial charge is 0.652 e. The summed E-state index contributed by atoms with van der Waals surface area (Å²) in [5, 5.41) is 26.3. The zero-order valence-corrected chi connectivity index (χ0v) is 7.03. The van der Waals surface area contributed by atoms with Crippen molar-refractivity contribution in [1.82, 2.24) is 0 Å². The molecule has 12 heavy (non-hydrogen) atoms. The van der Waals surface area contributed by atoms with Crippen molar-refractivity contribution in [2.45, 2.75) is 13.8 Å². The van der Waals surface area contributed by atoms with Gasteiger partial charge in [0.2, 0.25) is 11.7 Å². The molecule has 0 heterocycles. The number of carboxylic acid groups (broad SMARTS) is 2. The smallest absolute Gasteiger partial charge is 0.235 e. The number of amidine groups is 2. The van der Waals surface area contributed by atoms with Crippen molar-refractivity contribution >= 4 is 17.8 Å². The minimum Gasteiger partial charge on any atom is -0.652 e. The van der Waals surface area contributed by atoms with Crippen molar-refractivity contribution in [3.63, 3.8) is 0 Å². The van der Waals surface area contributed by atoms with Crippen molar-refractivity contribution in [3.8, 4) is 0 Å². The highest BCUT2D eigenvalue weighted by Gasteiger charge is 1.64. The zero-order valence-electron chi connectivity index (χ0n) is 7.03. The first-order valence-corrected chi connectivity index (χ1v) is 2.77. The van der Waals surface area contributed by atoms with E-state index in [2.05, 4.69) is 0 Å². The Morgan fingerprint density at radius 3 is 1.08 bits per heavy atom. The predicted molar refractivity (Wildman–Crippen MR) is 39.0 cm³/mol. The molecule has 0 unspecified atom stereocenters. The lowest BCUT2D eigenvalue weighted by Gasteiger charge is -1.96. The molecule has 0 aromatic carbocycles. The number of hydrogen-bond donors (Lipinski definition) is 4. The van der Waals surface area contributed by atoms with Gasteiger partial charge in [0.1, 0.15) is 0 Å². The van der Waals surface area contributed by atoms with Crippen LogP contribution in [-0.4, -0.2) is 17.8 Å². The molecule has 0 saturated heterocycles. The molecule has 0 amide bonds. The first-order valence-electron chi connectivity index (χ1n) is 2.77. The average Bonchev–Trinajstić information content (AvgIpc) is 1.54. The second kappa shape index (κ2) is 11.9. The summed E-state index contributed by atoms with van der Waals surface area (Å²) < 4.78 is 0.